The molecule has 1 saturated heterocycles. The van der Waals surface area contributed by atoms with Gasteiger partial charge in [0, 0.05) is 18.7 Å². The van der Waals surface area contributed by atoms with Gasteiger partial charge < -0.3 is 10.0 Å². The van der Waals surface area contributed by atoms with Gasteiger partial charge in [0.15, 0.2) is 0 Å². The van der Waals surface area contributed by atoms with E-state index in [2.05, 4.69) is 9.97 Å². The summed E-state index contributed by atoms with van der Waals surface area (Å²) >= 11 is 0. The first kappa shape index (κ1) is 11.7. The number of carbonyl (C=O) groups is 1. The Balaban J connectivity index is 2.18. The highest BCUT2D eigenvalue weighted by molar-refractivity contribution is 5.74. The summed E-state index contributed by atoms with van der Waals surface area (Å²) in [4.78, 5) is 19.8. The van der Waals surface area contributed by atoms with Crippen LogP contribution in [0.2, 0.25) is 0 Å². The van der Waals surface area contributed by atoms with Crippen molar-refractivity contribution in [3.8, 4) is 0 Å². The molecule has 92 valence electrons. The Kier molecular flexibility index (Phi) is 2.91. The number of aromatic nitrogens is 2. The first-order chi connectivity index (χ1) is 8.00. The van der Waals surface area contributed by atoms with Gasteiger partial charge in [-0.15, -0.1) is 0 Å². The number of carboxylic acids is 1. The zero-order valence-electron chi connectivity index (χ0n) is 9.10. The summed E-state index contributed by atoms with van der Waals surface area (Å²) < 4.78 is 25.2. The summed E-state index contributed by atoms with van der Waals surface area (Å²) in [6.07, 6.45) is -1.56. The molecule has 2 rings (SSSR count). The molecule has 5 nitrogen and oxygen atoms in total. The van der Waals surface area contributed by atoms with Crippen LogP contribution < -0.4 is 4.90 Å². The van der Waals surface area contributed by atoms with E-state index in [4.69, 9.17) is 5.11 Å². The third-order valence-electron chi connectivity index (χ3n) is 2.83. The van der Waals surface area contributed by atoms with Crippen molar-refractivity contribution < 1.29 is 18.7 Å². The normalized spacial score (nSPS) is 16.1. The number of rotatable bonds is 3. The number of anilines is 1. The van der Waals surface area contributed by atoms with Crippen molar-refractivity contribution in [1.29, 1.82) is 0 Å². The summed E-state index contributed by atoms with van der Waals surface area (Å²) in [5, 5.41) is 8.73. The summed E-state index contributed by atoms with van der Waals surface area (Å²) in [6, 6.07) is 0. The predicted molar refractivity (Wildman–Crippen MR) is 55.1 cm³/mol. The first-order valence-corrected chi connectivity index (χ1v) is 5.08. The maximum absolute atomic E-state index is 12.6. The third kappa shape index (κ3) is 2.04. The summed E-state index contributed by atoms with van der Waals surface area (Å²) in [6.45, 7) is 2.12. The number of nitrogens with zero attached hydrogens (tertiary/aromatic N) is 3. The highest BCUT2D eigenvalue weighted by Gasteiger charge is 2.34. The Morgan fingerprint density at radius 2 is 2.18 bits per heavy atom. The quantitative estimate of drug-likeness (QED) is 0.865. The fraction of sp³-hybridized carbons (Fsp3) is 0.500. The van der Waals surface area contributed by atoms with Crippen molar-refractivity contribution >= 4 is 11.8 Å². The van der Waals surface area contributed by atoms with E-state index in [9.17, 15) is 13.6 Å². The average Bonchev–Trinajstić information content (AvgIpc) is 2.17. The van der Waals surface area contributed by atoms with Crippen LogP contribution in [0.4, 0.5) is 14.6 Å². The van der Waals surface area contributed by atoms with Gasteiger partial charge in [-0.25, -0.2) is 18.7 Å². The lowest BCUT2D eigenvalue weighted by Gasteiger charge is -2.38. The van der Waals surface area contributed by atoms with E-state index >= 15 is 0 Å². The smallest absolute Gasteiger partial charge is 0.310 e. The molecule has 1 N–H and O–H groups in total. The second kappa shape index (κ2) is 4.23. The van der Waals surface area contributed by atoms with Crippen molar-refractivity contribution in [1.82, 2.24) is 9.97 Å². The molecule has 7 heteroatoms. The largest absolute Gasteiger partial charge is 0.481 e. The average molecular weight is 243 g/mol. The molecule has 1 aliphatic rings. The molecule has 1 aliphatic heterocycles. The minimum atomic E-state index is -2.65. The molecule has 0 radical (unpaired) electrons. The lowest BCUT2D eigenvalue weighted by atomic mass is 10.00. The van der Waals surface area contributed by atoms with Crippen LogP contribution in [0.1, 0.15) is 17.7 Å². The minimum absolute atomic E-state index is 0.297. The van der Waals surface area contributed by atoms with E-state index in [-0.39, 0.29) is 5.69 Å². The number of hydrogen-bond donors (Lipinski definition) is 1. The molecule has 0 bridgehead atoms. The van der Waals surface area contributed by atoms with Crippen LogP contribution in [0.5, 0.6) is 0 Å². The fourth-order valence-electron chi connectivity index (χ4n) is 1.80. The number of alkyl halides is 2. The fourth-order valence-corrected chi connectivity index (χ4v) is 1.80. The molecule has 0 spiro atoms. The number of carboxylic acid groups (broad SMARTS) is 1. The molecule has 0 aliphatic carbocycles. The topological polar surface area (TPSA) is 66.3 Å². The van der Waals surface area contributed by atoms with Gasteiger partial charge in [-0.2, -0.15) is 0 Å². The van der Waals surface area contributed by atoms with Gasteiger partial charge in [-0.05, 0) is 6.92 Å². The van der Waals surface area contributed by atoms with E-state index in [0.29, 0.717) is 24.5 Å². The van der Waals surface area contributed by atoms with Crippen molar-refractivity contribution in [3.05, 3.63) is 17.6 Å². The molecule has 1 aromatic rings. The summed E-state index contributed by atoms with van der Waals surface area (Å²) in [5.41, 5.74) is 0.0140. The van der Waals surface area contributed by atoms with Crippen molar-refractivity contribution in [2.24, 2.45) is 5.92 Å². The van der Waals surface area contributed by atoms with Crippen LogP contribution in [-0.2, 0) is 4.79 Å². The van der Waals surface area contributed by atoms with Gasteiger partial charge in [0.05, 0.1) is 5.92 Å². The van der Waals surface area contributed by atoms with Gasteiger partial charge in [-0.1, -0.05) is 0 Å². The molecular weight excluding hydrogens is 232 g/mol. The van der Waals surface area contributed by atoms with Crippen molar-refractivity contribution in [2.45, 2.75) is 13.3 Å². The minimum Gasteiger partial charge on any atom is -0.481 e. The lowest BCUT2D eigenvalue weighted by Crippen LogP contribution is -2.51. The van der Waals surface area contributed by atoms with Crippen LogP contribution in [0.3, 0.4) is 0 Å². The van der Waals surface area contributed by atoms with Gasteiger partial charge in [0.25, 0.3) is 6.43 Å². The molecule has 0 unspecified atom stereocenters. The Morgan fingerprint density at radius 3 is 2.71 bits per heavy atom. The maximum Gasteiger partial charge on any atom is 0.310 e. The summed E-state index contributed by atoms with van der Waals surface area (Å²) in [5.74, 6) is -0.922. The van der Waals surface area contributed by atoms with Crippen LogP contribution >= 0.6 is 0 Å². The highest BCUT2D eigenvalue weighted by atomic mass is 19.3. The number of hydrogen-bond acceptors (Lipinski definition) is 4. The molecule has 0 amide bonds. The number of halogens is 2. The highest BCUT2D eigenvalue weighted by Crippen LogP contribution is 2.30. The second-order valence-electron chi connectivity index (χ2n) is 3.95. The van der Waals surface area contributed by atoms with E-state index in [0.717, 1.165) is 6.33 Å². The Morgan fingerprint density at radius 1 is 1.53 bits per heavy atom. The van der Waals surface area contributed by atoms with E-state index in [1.165, 1.54) is 6.92 Å². The van der Waals surface area contributed by atoms with E-state index in [1.807, 2.05) is 0 Å². The molecule has 2 heterocycles. The molecule has 17 heavy (non-hydrogen) atoms. The Labute approximate surface area is 96.1 Å². The van der Waals surface area contributed by atoms with Crippen LogP contribution in [0.15, 0.2) is 6.33 Å². The standard InChI is InChI=1S/C10H11F2N3O2/c1-5-7(8(11)12)13-4-14-9(5)15-2-6(3-15)10(16)17/h4,6,8H,2-3H2,1H3,(H,16,17). The van der Waals surface area contributed by atoms with Gasteiger partial charge >= 0.3 is 5.97 Å². The molecule has 0 saturated carbocycles. The molecule has 1 fully saturated rings. The second-order valence-corrected chi connectivity index (χ2v) is 3.95. The summed E-state index contributed by atoms with van der Waals surface area (Å²) in [7, 11) is 0. The predicted octanol–water partition coefficient (Wildman–Crippen LogP) is 1.24. The van der Waals surface area contributed by atoms with Crippen LogP contribution in [0, 0.1) is 12.8 Å². The van der Waals surface area contributed by atoms with Crippen molar-refractivity contribution in [3.63, 3.8) is 0 Å². The van der Waals surface area contributed by atoms with Gasteiger partial charge in [0.1, 0.15) is 17.8 Å². The van der Waals surface area contributed by atoms with Crippen molar-refractivity contribution in [2.75, 3.05) is 18.0 Å². The van der Waals surface area contributed by atoms with E-state index < -0.39 is 18.3 Å². The molecular formula is C10H11F2N3O2. The third-order valence-corrected chi connectivity index (χ3v) is 2.83. The molecule has 1 aromatic heterocycles. The SMILES string of the molecule is Cc1c(C(F)F)ncnc1N1CC(C(=O)O)C1. The Bertz CT molecular complexity index is 447. The maximum atomic E-state index is 12.6. The van der Waals surface area contributed by atoms with Crippen LogP contribution in [0.25, 0.3) is 0 Å². The van der Waals surface area contributed by atoms with Gasteiger partial charge in [0.2, 0.25) is 0 Å². The van der Waals surface area contributed by atoms with E-state index in [1.54, 1.807) is 4.90 Å². The monoisotopic (exact) mass is 243 g/mol. The zero-order chi connectivity index (χ0) is 12.6. The zero-order valence-corrected chi connectivity index (χ0v) is 9.10. The van der Waals surface area contributed by atoms with Gasteiger partial charge in [-0.3, -0.25) is 4.79 Å². The first-order valence-electron chi connectivity index (χ1n) is 5.08. The lowest BCUT2D eigenvalue weighted by molar-refractivity contribution is -0.142. The van der Waals surface area contributed by atoms with Crippen LogP contribution in [-0.4, -0.2) is 34.1 Å². The number of aliphatic carboxylic acids is 1. The Hall–Kier alpha value is -1.79. The molecule has 0 aromatic carbocycles. The molecule has 0 atom stereocenters.